The van der Waals surface area contributed by atoms with E-state index in [2.05, 4.69) is 17.2 Å². The average Bonchev–Trinajstić information content (AvgIpc) is 2.04. The molecule has 0 rings (SSSR count). The van der Waals surface area contributed by atoms with Crippen molar-refractivity contribution >= 4 is 11.9 Å². The molecule has 0 aromatic heterocycles. The van der Waals surface area contributed by atoms with Crippen LogP contribution in [0.3, 0.4) is 0 Å². The lowest BCUT2D eigenvalue weighted by Gasteiger charge is -2.09. The van der Waals surface area contributed by atoms with Crippen LogP contribution in [0.2, 0.25) is 0 Å². The maximum absolute atomic E-state index is 10.8. The number of carbonyl (C=O) groups is 2. The van der Waals surface area contributed by atoms with E-state index in [0.717, 1.165) is 0 Å². The number of carbonyl (C=O) groups excluding carboxylic acids is 1. The highest BCUT2D eigenvalue weighted by Crippen LogP contribution is 1.91. The Morgan fingerprint density at radius 2 is 2.00 bits per heavy atom. The number of hydrogen-bond donors (Lipinski definition) is 2. The highest BCUT2D eigenvalue weighted by atomic mass is 16.4. The minimum absolute atomic E-state index is 0.0500. The summed E-state index contributed by atoms with van der Waals surface area (Å²) in [5.41, 5.74) is 0. The summed E-state index contributed by atoms with van der Waals surface area (Å²) in [6, 6.07) is -1.05. The second kappa shape index (κ2) is 5.68. The Morgan fingerprint density at radius 3 is 2.38 bits per heavy atom. The number of terminal acetylenes is 2. The molecule has 0 aromatic rings. The van der Waals surface area contributed by atoms with Gasteiger partial charge < -0.3 is 10.4 Å². The van der Waals surface area contributed by atoms with Crippen LogP contribution in [0, 0.1) is 24.7 Å². The molecular formula is C9H9NO3. The molecule has 0 heterocycles. The fourth-order valence-electron chi connectivity index (χ4n) is 0.656. The number of amides is 1. The van der Waals surface area contributed by atoms with Crippen molar-refractivity contribution in [3.8, 4) is 24.7 Å². The van der Waals surface area contributed by atoms with Crippen LogP contribution in [0.4, 0.5) is 0 Å². The Balaban J connectivity index is 4.13. The van der Waals surface area contributed by atoms with Crippen LogP contribution in [-0.2, 0) is 9.59 Å². The quantitative estimate of drug-likeness (QED) is 0.577. The molecule has 68 valence electrons. The fourth-order valence-corrected chi connectivity index (χ4v) is 0.656. The number of aliphatic carboxylic acids is 1. The molecule has 1 atom stereocenters. The number of hydrogen-bond acceptors (Lipinski definition) is 2. The van der Waals surface area contributed by atoms with Crippen LogP contribution in [0.15, 0.2) is 0 Å². The first-order chi connectivity index (χ1) is 6.11. The minimum Gasteiger partial charge on any atom is -0.480 e. The summed E-state index contributed by atoms with van der Waals surface area (Å²) in [5, 5.41) is 10.8. The maximum atomic E-state index is 10.8. The standard InChI is InChI=1S/C9H9NO3/c1-3-5-7(9(12)13)10-8(11)6-4-2/h1-2,7H,5-6H2,(H,10,11)(H,12,13). The van der Waals surface area contributed by atoms with Gasteiger partial charge in [-0.25, -0.2) is 4.79 Å². The summed E-state index contributed by atoms with van der Waals surface area (Å²) in [4.78, 5) is 21.3. The zero-order valence-corrected chi connectivity index (χ0v) is 6.91. The summed E-state index contributed by atoms with van der Waals surface area (Å²) >= 11 is 0. The lowest BCUT2D eigenvalue weighted by molar-refractivity contribution is -0.141. The van der Waals surface area contributed by atoms with Gasteiger partial charge in [-0.15, -0.1) is 18.8 Å². The molecular weight excluding hydrogens is 170 g/mol. The fraction of sp³-hybridized carbons (Fsp3) is 0.333. The SMILES string of the molecule is C#CCC(=O)NC(CC#C)C(=O)O. The largest absolute Gasteiger partial charge is 0.480 e. The number of carboxylic acids is 1. The van der Waals surface area contributed by atoms with Gasteiger partial charge in [0.2, 0.25) is 5.91 Å². The monoisotopic (exact) mass is 179 g/mol. The van der Waals surface area contributed by atoms with Gasteiger partial charge in [0.15, 0.2) is 0 Å². The van der Waals surface area contributed by atoms with Gasteiger partial charge in [-0.1, -0.05) is 5.92 Å². The van der Waals surface area contributed by atoms with E-state index in [1.54, 1.807) is 0 Å². The van der Waals surface area contributed by atoms with Gasteiger partial charge in [0.1, 0.15) is 6.04 Å². The molecule has 0 aliphatic heterocycles. The number of nitrogens with one attached hydrogen (secondary N) is 1. The first kappa shape index (κ1) is 11.1. The predicted octanol–water partition coefficient (Wildman–Crippen LogP) is -0.398. The maximum Gasteiger partial charge on any atom is 0.327 e. The first-order valence-corrected chi connectivity index (χ1v) is 3.51. The van der Waals surface area contributed by atoms with Crippen LogP contribution in [-0.4, -0.2) is 23.0 Å². The molecule has 0 radical (unpaired) electrons. The van der Waals surface area contributed by atoms with Crippen molar-refractivity contribution in [2.75, 3.05) is 0 Å². The molecule has 1 amide bonds. The highest BCUT2D eigenvalue weighted by Gasteiger charge is 2.17. The Morgan fingerprint density at radius 1 is 1.38 bits per heavy atom. The molecule has 0 aromatic carbocycles. The molecule has 1 unspecified atom stereocenters. The summed E-state index contributed by atoms with van der Waals surface area (Å²) in [7, 11) is 0. The first-order valence-electron chi connectivity index (χ1n) is 3.51. The molecule has 0 saturated carbocycles. The molecule has 2 N–H and O–H groups in total. The third-order valence-corrected chi connectivity index (χ3v) is 1.22. The van der Waals surface area contributed by atoms with Crippen molar-refractivity contribution in [3.63, 3.8) is 0 Å². The molecule has 0 aliphatic rings. The Bertz CT molecular complexity index is 282. The van der Waals surface area contributed by atoms with Gasteiger partial charge in [0.05, 0.1) is 6.42 Å². The van der Waals surface area contributed by atoms with Crippen LogP contribution >= 0.6 is 0 Å². The lowest BCUT2D eigenvalue weighted by Crippen LogP contribution is -2.40. The van der Waals surface area contributed by atoms with Crippen molar-refractivity contribution in [1.82, 2.24) is 5.32 Å². The Hall–Kier alpha value is -1.94. The van der Waals surface area contributed by atoms with E-state index in [9.17, 15) is 9.59 Å². The van der Waals surface area contributed by atoms with E-state index in [4.69, 9.17) is 18.0 Å². The van der Waals surface area contributed by atoms with E-state index < -0.39 is 17.9 Å². The van der Waals surface area contributed by atoms with Gasteiger partial charge in [-0.2, -0.15) is 0 Å². The second-order valence-corrected chi connectivity index (χ2v) is 2.25. The molecule has 0 aliphatic carbocycles. The van der Waals surface area contributed by atoms with E-state index in [1.165, 1.54) is 0 Å². The molecule has 13 heavy (non-hydrogen) atoms. The van der Waals surface area contributed by atoms with Gasteiger partial charge in [-0.3, -0.25) is 4.79 Å². The van der Waals surface area contributed by atoms with Gasteiger partial charge in [0.25, 0.3) is 0 Å². The van der Waals surface area contributed by atoms with Gasteiger partial charge in [0, 0.05) is 6.42 Å². The summed E-state index contributed by atoms with van der Waals surface area (Å²) in [6.07, 6.45) is 9.57. The van der Waals surface area contributed by atoms with E-state index in [0.29, 0.717) is 0 Å². The van der Waals surface area contributed by atoms with Crippen LogP contribution in [0.1, 0.15) is 12.8 Å². The van der Waals surface area contributed by atoms with Crippen molar-refractivity contribution in [2.24, 2.45) is 0 Å². The van der Waals surface area contributed by atoms with Crippen LogP contribution < -0.4 is 5.32 Å². The number of rotatable bonds is 4. The van der Waals surface area contributed by atoms with Crippen molar-refractivity contribution in [3.05, 3.63) is 0 Å². The van der Waals surface area contributed by atoms with Gasteiger partial charge in [-0.05, 0) is 0 Å². The summed E-state index contributed by atoms with van der Waals surface area (Å²) in [5.74, 6) is 2.57. The second-order valence-electron chi connectivity index (χ2n) is 2.25. The zero-order chi connectivity index (χ0) is 10.3. The number of carboxylic acid groups (broad SMARTS) is 1. The third kappa shape index (κ3) is 4.49. The topological polar surface area (TPSA) is 66.4 Å². The Kier molecular flexibility index (Phi) is 4.83. The van der Waals surface area contributed by atoms with Crippen LogP contribution in [0.25, 0.3) is 0 Å². The van der Waals surface area contributed by atoms with E-state index in [1.807, 2.05) is 0 Å². The molecule has 4 heteroatoms. The zero-order valence-electron chi connectivity index (χ0n) is 6.91. The van der Waals surface area contributed by atoms with Crippen molar-refractivity contribution < 1.29 is 14.7 Å². The third-order valence-electron chi connectivity index (χ3n) is 1.22. The van der Waals surface area contributed by atoms with Crippen molar-refractivity contribution in [2.45, 2.75) is 18.9 Å². The normalized spacial score (nSPS) is 10.6. The van der Waals surface area contributed by atoms with Gasteiger partial charge >= 0.3 is 5.97 Å². The smallest absolute Gasteiger partial charge is 0.327 e. The Labute approximate surface area is 76.3 Å². The molecule has 0 bridgehead atoms. The lowest BCUT2D eigenvalue weighted by atomic mass is 10.2. The van der Waals surface area contributed by atoms with E-state index >= 15 is 0 Å². The molecule has 4 nitrogen and oxygen atoms in total. The molecule has 0 spiro atoms. The van der Waals surface area contributed by atoms with Crippen molar-refractivity contribution in [1.29, 1.82) is 0 Å². The minimum atomic E-state index is -1.16. The summed E-state index contributed by atoms with van der Waals surface area (Å²) < 4.78 is 0. The predicted molar refractivity (Wildman–Crippen MR) is 46.5 cm³/mol. The van der Waals surface area contributed by atoms with E-state index in [-0.39, 0.29) is 12.8 Å². The molecule has 0 fully saturated rings. The summed E-state index contributed by atoms with van der Waals surface area (Å²) in [6.45, 7) is 0. The van der Waals surface area contributed by atoms with Crippen LogP contribution in [0.5, 0.6) is 0 Å². The average molecular weight is 179 g/mol. The molecule has 0 saturated heterocycles. The highest BCUT2D eigenvalue weighted by molar-refractivity contribution is 5.84.